The van der Waals surface area contributed by atoms with E-state index in [2.05, 4.69) is 20.8 Å². The summed E-state index contributed by atoms with van der Waals surface area (Å²) in [5.41, 5.74) is -0.219. The molecule has 0 aliphatic heterocycles. The monoisotopic (exact) mass is 350 g/mol. The number of aromatic nitrogens is 1. The van der Waals surface area contributed by atoms with Crippen molar-refractivity contribution in [2.45, 2.75) is 66.0 Å². The van der Waals surface area contributed by atoms with Gasteiger partial charge in [-0.15, -0.1) is 0 Å². The van der Waals surface area contributed by atoms with Gasteiger partial charge in [0.25, 0.3) is 11.2 Å². The minimum absolute atomic E-state index is 0.138. The third kappa shape index (κ3) is 4.67. The van der Waals surface area contributed by atoms with Crippen LogP contribution in [0.4, 0.5) is 5.69 Å². The normalized spacial score (nSPS) is 21.0. The smallest absolute Gasteiger partial charge is 0.326 e. The van der Waals surface area contributed by atoms with Crippen molar-refractivity contribution in [3.05, 3.63) is 38.3 Å². The van der Waals surface area contributed by atoms with Gasteiger partial charge < -0.3 is 4.74 Å². The zero-order chi connectivity index (χ0) is 18.8. The molecule has 0 N–H and O–H groups in total. The lowest BCUT2D eigenvalue weighted by Crippen LogP contribution is -2.33. The number of hydrogen-bond donors (Lipinski definition) is 0. The second-order valence-corrected chi connectivity index (χ2v) is 7.81. The van der Waals surface area contributed by atoms with Crippen molar-refractivity contribution in [3.63, 3.8) is 0 Å². The highest BCUT2D eigenvalue weighted by Gasteiger charge is 2.31. The molecule has 1 heterocycles. The number of esters is 1. The van der Waals surface area contributed by atoms with Gasteiger partial charge in [0.2, 0.25) is 0 Å². The second kappa shape index (κ2) is 7.37. The lowest BCUT2D eigenvalue weighted by molar-refractivity contribution is -0.386. The van der Waals surface area contributed by atoms with Crippen molar-refractivity contribution in [3.8, 4) is 0 Å². The molecule has 0 saturated heterocycles. The van der Waals surface area contributed by atoms with Crippen LogP contribution in [0.25, 0.3) is 0 Å². The lowest BCUT2D eigenvalue weighted by Gasteiger charge is -2.36. The summed E-state index contributed by atoms with van der Waals surface area (Å²) < 4.78 is 6.60. The largest absolute Gasteiger partial charge is 0.461 e. The molecule has 7 nitrogen and oxygen atoms in total. The average molecular weight is 350 g/mol. The van der Waals surface area contributed by atoms with E-state index in [9.17, 15) is 19.7 Å². The average Bonchev–Trinajstić information content (AvgIpc) is 2.50. The van der Waals surface area contributed by atoms with Gasteiger partial charge >= 0.3 is 5.97 Å². The first-order chi connectivity index (χ1) is 11.6. The third-order valence-electron chi connectivity index (χ3n) is 5.11. The van der Waals surface area contributed by atoms with Crippen LogP contribution >= 0.6 is 0 Å². The van der Waals surface area contributed by atoms with Gasteiger partial charge in [-0.25, -0.2) is 0 Å². The Bertz CT molecular complexity index is 709. The summed E-state index contributed by atoms with van der Waals surface area (Å²) in [5.74, 6) is 0.0917. The Kier molecular flexibility index (Phi) is 5.65. The molecule has 0 radical (unpaired) electrons. The molecule has 25 heavy (non-hydrogen) atoms. The molecule has 0 amide bonds. The molecular weight excluding hydrogens is 324 g/mol. The van der Waals surface area contributed by atoms with Crippen LogP contribution in [-0.2, 0) is 16.1 Å². The van der Waals surface area contributed by atoms with Crippen LogP contribution in [-0.4, -0.2) is 21.6 Å². The molecule has 138 valence electrons. The van der Waals surface area contributed by atoms with E-state index in [0.29, 0.717) is 5.92 Å². The van der Waals surface area contributed by atoms with Gasteiger partial charge in [-0.3, -0.25) is 24.3 Å². The Morgan fingerprint density at radius 2 is 1.88 bits per heavy atom. The standard InChI is InChI=1S/C18H26N2O5/c1-12-15(20(23)24)9-10-16(21)19(12)11-17(22)25-14-7-5-13(6-8-14)18(2,3)4/h9-10,13-14H,5-8,11H2,1-4H3. The van der Waals surface area contributed by atoms with E-state index in [1.807, 2.05) is 0 Å². The highest BCUT2D eigenvalue weighted by molar-refractivity contribution is 5.69. The first-order valence-electron chi connectivity index (χ1n) is 8.64. The van der Waals surface area contributed by atoms with Gasteiger partial charge in [-0.1, -0.05) is 20.8 Å². The maximum absolute atomic E-state index is 12.2. The molecule has 0 atom stereocenters. The fraction of sp³-hybridized carbons (Fsp3) is 0.667. The molecule has 1 saturated carbocycles. The van der Waals surface area contributed by atoms with Crippen molar-refractivity contribution in [1.29, 1.82) is 0 Å². The van der Waals surface area contributed by atoms with Crippen LogP contribution in [0, 0.1) is 28.4 Å². The zero-order valence-electron chi connectivity index (χ0n) is 15.3. The van der Waals surface area contributed by atoms with Crippen LogP contribution in [0.15, 0.2) is 16.9 Å². The Morgan fingerprint density at radius 3 is 2.40 bits per heavy atom. The van der Waals surface area contributed by atoms with Gasteiger partial charge in [0.1, 0.15) is 12.6 Å². The van der Waals surface area contributed by atoms with Crippen molar-refractivity contribution in [2.75, 3.05) is 0 Å². The molecule has 7 heteroatoms. The predicted octanol–water partition coefficient (Wildman–Crippen LogP) is 3.21. The number of nitrogens with zero attached hydrogens (tertiary/aromatic N) is 2. The van der Waals surface area contributed by atoms with E-state index >= 15 is 0 Å². The summed E-state index contributed by atoms with van der Waals surface area (Å²) >= 11 is 0. The Labute approximate surface area is 147 Å². The van der Waals surface area contributed by atoms with Gasteiger partial charge in [0.15, 0.2) is 0 Å². The Hall–Kier alpha value is -2.18. The van der Waals surface area contributed by atoms with Gasteiger partial charge in [0.05, 0.1) is 10.6 Å². The van der Waals surface area contributed by atoms with Crippen molar-refractivity contribution < 1.29 is 14.5 Å². The number of ether oxygens (including phenoxy) is 1. The predicted molar refractivity (Wildman–Crippen MR) is 93.4 cm³/mol. The molecule has 0 aromatic carbocycles. The highest BCUT2D eigenvalue weighted by Crippen LogP contribution is 2.38. The summed E-state index contributed by atoms with van der Waals surface area (Å²) in [5, 5.41) is 11.0. The third-order valence-corrected chi connectivity index (χ3v) is 5.11. The first-order valence-corrected chi connectivity index (χ1v) is 8.64. The van der Waals surface area contributed by atoms with E-state index in [4.69, 9.17) is 4.74 Å². The van der Waals surface area contributed by atoms with Crippen LogP contribution in [0.5, 0.6) is 0 Å². The number of nitro groups is 1. The first kappa shape index (κ1) is 19.1. The summed E-state index contributed by atoms with van der Waals surface area (Å²) in [4.78, 5) is 34.5. The SMILES string of the molecule is Cc1c([N+](=O)[O-])ccc(=O)n1CC(=O)OC1CCC(C(C)(C)C)CC1. The summed E-state index contributed by atoms with van der Waals surface area (Å²) in [6.07, 6.45) is 3.52. The molecule has 0 spiro atoms. The minimum Gasteiger partial charge on any atom is -0.461 e. The van der Waals surface area contributed by atoms with Crippen LogP contribution in [0.2, 0.25) is 0 Å². The molecule has 2 rings (SSSR count). The summed E-state index contributed by atoms with van der Waals surface area (Å²) in [7, 11) is 0. The number of carbonyl (C=O) groups is 1. The lowest BCUT2D eigenvalue weighted by atomic mass is 9.72. The number of pyridine rings is 1. The van der Waals surface area contributed by atoms with Gasteiger partial charge in [0, 0.05) is 12.1 Å². The summed E-state index contributed by atoms with van der Waals surface area (Å²) in [6.45, 7) is 7.83. The van der Waals surface area contributed by atoms with E-state index in [1.165, 1.54) is 6.92 Å². The summed E-state index contributed by atoms with van der Waals surface area (Å²) in [6, 6.07) is 2.26. The zero-order valence-corrected chi connectivity index (χ0v) is 15.3. The Morgan fingerprint density at radius 1 is 1.28 bits per heavy atom. The van der Waals surface area contributed by atoms with Crippen LogP contribution in [0.3, 0.4) is 0 Å². The molecule has 1 aromatic rings. The second-order valence-electron chi connectivity index (χ2n) is 7.81. The van der Waals surface area contributed by atoms with Crippen molar-refractivity contribution >= 4 is 11.7 Å². The number of rotatable bonds is 4. The highest BCUT2D eigenvalue weighted by atomic mass is 16.6. The topological polar surface area (TPSA) is 91.4 Å². The van der Waals surface area contributed by atoms with E-state index in [0.717, 1.165) is 42.4 Å². The van der Waals surface area contributed by atoms with Crippen LogP contribution < -0.4 is 5.56 Å². The molecular formula is C18H26N2O5. The molecule has 1 aliphatic carbocycles. The van der Waals surface area contributed by atoms with Crippen molar-refractivity contribution in [2.24, 2.45) is 11.3 Å². The molecule has 1 aromatic heterocycles. The van der Waals surface area contributed by atoms with E-state index in [-0.39, 0.29) is 29.4 Å². The quantitative estimate of drug-likeness (QED) is 0.472. The minimum atomic E-state index is -0.565. The fourth-order valence-electron chi connectivity index (χ4n) is 3.45. The molecule has 1 aliphatic rings. The molecule has 0 unspecified atom stereocenters. The van der Waals surface area contributed by atoms with Crippen molar-refractivity contribution in [1.82, 2.24) is 4.57 Å². The number of hydrogen-bond acceptors (Lipinski definition) is 5. The maximum Gasteiger partial charge on any atom is 0.326 e. The van der Waals surface area contributed by atoms with Crippen LogP contribution in [0.1, 0.15) is 52.1 Å². The molecule has 0 bridgehead atoms. The van der Waals surface area contributed by atoms with E-state index in [1.54, 1.807) is 0 Å². The van der Waals surface area contributed by atoms with Gasteiger partial charge in [-0.2, -0.15) is 0 Å². The number of carbonyl (C=O) groups excluding carboxylic acids is 1. The van der Waals surface area contributed by atoms with Gasteiger partial charge in [-0.05, 0) is 43.9 Å². The van der Waals surface area contributed by atoms with E-state index < -0.39 is 16.5 Å². The fourth-order valence-corrected chi connectivity index (χ4v) is 3.45. The molecule has 1 fully saturated rings. The maximum atomic E-state index is 12.2. The Balaban J connectivity index is 1.99.